The van der Waals surface area contributed by atoms with E-state index in [2.05, 4.69) is 9.97 Å². The van der Waals surface area contributed by atoms with Gasteiger partial charge in [0.05, 0.1) is 25.1 Å². The molecule has 18 heavy (non-hydrogen) atoms. The number of fused-ring (bicyclic) bond motifs is 1. The molecule has 2 rings (SSSR count). The van der Waals surface area contributed by atoms with Gasteiger partial charge in [0.2, 0.25) is 0 Å². The Hall–Kier alpha value is -2.17. The van der Waals surface area contributed by atoms with Gasteiger partial charge in [0.25, 0.3) is 5.56 Å². The highest BCUT2D eigenvalue weighted by Crippen LogP contribution is 2.14. The number of nitrogens with one attached hydrogen (secondary N) is 1. The summed E-state index contributed by atoms with van der Waals surface area (Å²) in [6.45, 7) is 1.16. The molecule has 0 aliphatic rings. The van der Waals surface area contributed by atoms with E-state index in [1.165, 1.54) is 6.33 Å². The van der Waals surface area contributed by atoms with E-state index in [1.807, 2.05) is 6.07 Å². The molecular formula is C11H12N4O3. The average Bonchev–Trinajstić information content (AvgIpc) is 2.74. The normalized spacial score (nSPS) is 10.7. The highest BCUT2D eigenvalue weighted by Gasteiger charge is 2.12. The minimum atomic E-state index is -0.420. The van der Waals surface area contributed by atoms with Gasteiger partial charge in [-0.25, -0.2) is 0 Å². The Morgan fingerprint density at radius 2 is 2.39 bits per heavy atom. The van der Waals surface area contributed by atoms with Gasteiger partial charge in [-0.05, 0) is 0 Å². The van der Waals surface area contributed by atoms with Gasteiger partial charge >= 0.3 is 0 Å². The van der Waals surface area contributed by atoms with E-state index in [0.29, 0.717) is 18.9 Å². The Morgan fingerprint density at radius 1 is 1.56 bits per heavy atom. The summed E-state index contributed by atoms with van der Waals surface area (Å²) in [7, 11) is 1.59. The fourth-order valence-corrected chi connectivity index (χ4v) is 1.64. The first-order valence-electron chi connectivity index (χ1n) is 5.31. The van der Waals surface area contributed by atoms with E-state index in [4.69, 9.17) is 14.7 Å². The third kappa shape index (κ3) is 2.25. The van der Waals surface area contributed by atoms with Gasteiger partial charge in [0, 0.05) is 13.3 Å². The van der Waals surface area contributed by atoms with Crippen molar-refractivity contribution in [2.24, 2.45) is 0 Å². The van der Waals surface area contributed by atoms with E-state index < -0.39 is 5.56 Å². The van der Waals surface area contributed by atoms with Crippen molar-refractivity contribution in [2.75, 3.05) is 20.3 Å². The number of aromatic amines is 1. The molecule has 2 aromatic heterocycles. The average molecular weight is 248 g/mol. The van der Waals surface area contributed by atoms with Crippen LogP contribution in [0.25, 0.3) is 11.0 Å². The molecule has 0 amide bonds. The molecule has 0 saturated heterocycles. The van der Waals surface area contributed by atoms with Crippen LogP contribution in [0.1, 0.15) is 5.56 Å². The van der Waals surface area contributed by atoms with Gasteiger partial charge < -0.3 is 19.0 Å². The molecule has 2 aromatic rings. The van der Waals surface area contributed by atoms with Crippen molar-refractivity contribution in [3.8, 4) is 6.07 Å². The summed E-state index contributed by atoms with van der Waals surface area (Å²) in [5.74, 6) is 0. The third-order valence-electron chi connectivity index (χ3n) is 2.46. The quantitative estimate of drug-likeness (QED) is 0.764. The highest BCUT2D eigenvalue weighted by molar-refractivity contribution is 5.81. The van der Waals surface area contributed by atoms with Gasteiger partial charge in [-0.2, -0.15) is 10.2 Å². The molecule has 7 nitrogen and oxygen atoms in total. The first kappa shape index (κ1) is 12.3. The number of nitriles is 1. The lowest BCUT2D eigenvalue weighted by Gasteiger charge is -2.05. The summed E-state index contributed by atoms with van der Waals surface area (Å²) in [6.07, 6.45) is 2.87. The van der Waals surface area contributed by atoms with Crippen LogP contribution in [0, 0.1) is 11.3 Å². The predicted molar refractivity (Wildman–Crippen MR) is 62.9 cm³/mol. The molecule has 0 unspecified atom stereocenters. The second kappa shape index (κ2) is 5.44. The number of aromatic nitrogens is 3. The van der Waals surface area contributed by atoms with Crippen molar-refractivity contribution in [3.05, 3.63) is 28.4 Å². The van der Waals surface area contributed by atoms with Crippen molar-refractivity contribution in [1.29, 1.82) is 5.26 Å². The maximum absolute atomic E-state index is 11.6. The summed E-state index contributed by atoms with van der Waals surface area (Å²) in [4.78, 5) is 18.0. The summed E-state index contributed by atoms with van der Waals surface area (Å²) < 4.78 is 11.9. The number of nitrogens with zero attached hydrogens (tertiary/aromatic N) is 3. The van der Waals surface area contributed by atoms with Crippen LogP contribution in [0.15, 0.2) is 17.3 Å². The Balaban J connectivity index is 2.32. The first-order valence-corrected chi connectivity index (χ1v) is 5.31. The standard InChI is InChI=1S/C11H12N4O3/c1-17-2-3-18-7-15-5-8(4-12)9-10(15)13-6-14-11(9)16/h5-6H,2-3,7H2,1H3,(H,13,14,16). The molecule has 1 N–H and O–H groups in total. The van der Waals surface area contributed by atoms with Crippen LogP contribution in [0.2, 0.25) is 0 Å². The van der Waals surface area contributed by atoms with Gasteiger partial charge in [0.1, 0.15) is 23.8 Å². The van der Waals surface area contributed by atoms with Crippen LogP contribution in [-0.2, 0) is 16.2 Å². The lowest BCUT2D eigenvalue weighted by molar-refractivity contribution is 0.0358. The lowest BCUT2D eigenvalue weighted by Crippen LogP contribution is -2.09. The maximum atomic E-state index is 11.6. The van der Waals surface area contributed by atoms with E-state index >= 15 is 0 Å². The second-order valence-electron chi connectivity index (χ2n) is 3.59. The molecule has 0 atom stereocenters. The fourth-order valence-electron chi connectivity index (χ4n) is 1.64. The number of hydrogen-bond acceptors (Lipinski definition) is 5. The van der Waals surface area contributed by atoms with E-state index in [1.54, 1.807) is 17.9 Å². The minimum Gasteiger partial charge on any atom is -0.382 e. The van der Waals surface area contributed by atoms with Crippen molar-refractivity contribution in [2.45, 2.75) is 6.73 Å². The number of rotatable bonds is 5. The van der Waals surface area contributed by atoms with Crippen molar-refractivity contribution in [1.82, 2.24) is 14.5 Å². The largest absolute Gasteiger partial charge is 0.382 e. The van der Waals surface area contributed by atoms with E-state index in [-0.39, 0.29) is 17.7 Å². The minimum absolute atomic E-state index is 0.238. The zero-order valence-corrected chi connectivity index (χ0v) is 9.84. The molecule has 0 bridgehead atoms. The van der Waals surface area contributed by atoms with Crippen LogP contribution in [0.3, 0.4) is 0 Å². The number of H-pyrrole nitrogens is 1. The summed E-state index contributed by atoms with van der Waals surface area (Å²) >= 11 is 0. The van der Waals surface area contributed by atoms with E-state index in [9.17, 15) is 4.79 Å². The number of ether oxygens (including phenoxy) is 2. The van der Waals surface area contributed by atoms with Crippen LogP contribution < -0.4 is 5.56 Å². The zero-order chi connectivity index (χ0) is 13.0. The van der Waals surface area contributed by atoms with Gasteiger partial charge in [-0.3, -0.25) is 4.79 Å². The zero-order valence-electron chi connectivity index (χ0n) is 9.84. The maximum Gasteiger partial charge on any atom is 0.283 e. The Bertz CT molecular complexity index is 638. The van der Waals surface area contributed by atoms with E-state index in [0.717, 1.165) is 0 Å². The Morgan fingerprint density at radius 3 is 3.11 bits per heavy atom. The lowest BCUT2D eigenvalue weighted by atomic mass is 10.3. The van der Waals surface area contributed by atoms with Crippen LogP contribution in [0.5, 0.6) is 0 Å². The van der Waals surface area contributed by atoms with Gasteiger partial charge in [-0.15, -0.1) is 0 Å². The molecule has 0 aliphatic heterocycles. The highest BCUT2D eigenvalue weighted by atomic mass is 16.5. The SMILES string of the molecule is COCCOCn1cc(C#N)c2c(=O)nc[nH]c21. The van der Waals surface area contributed by atoms with Crippen molar-refractivity contribution in [3.63, 3.8) is 0 Å². The summed E-state index contributed by atoms with van der Waals surface area (Å²) in [5, 5.41) is 9.27. The van der Waals surface area contributed by atoms with Gasteiger partial charge in [0.15, 0.2) is 0 Å². The van der Waals surface area contributed by atoms with Crippen LogP contribution in [-0.4, -0.2) is 34.9 Å². The molecule has 0 fully saturated rings. The smallest absolute Gasteiger partial charge is 0.283 e. The fraction of sp³-hybridized carbons (Fsp3) is 0.364. The summed E-state index contributed by atoms with van der Waals surface area (Å²) in [5.41, 5.74) is 0.398. The predicted octanol–water partition coefficient (Wildman–Crippen LogP) is 0.217. The molecule has 0 spiro atoms. The molecule has 94 valence electrons. The molecular weight excluding hydrogens is 236 g/mol. The Labute approximate surface area is 103 Å². The molecule has 7 heteroatoms. The first-order chi connectivity index (χ1) is 8.77. The van der Waals surface area contributed by atoms with Crippen molar-refractivity contribution < 1.29 is 9.47 Å². The molecule has 0 radical (unpaired) electrons. The topological polar surface area (TPSA) is 92.9 Å². The third-order valence-corrected chi connectivity index (χ3v) is 2.46. The number of hydrogen-bond donors (Lipinski definition) is 1. The number of methoxy groups -OCH3 is 1. The molecule has 2 heterocycles. The van der Waals surface area contributed by atoms with Crippen LogP contribution in [0.4, 0.5) is 0 Å². The second-order valence-corrected chi connectivity index (χ2v) is 3.59. The Kier molecular flexibility index (Phi) is 3.72. The van der Waals surface area contributed by atoms with Crippen molar-refractivity contribution >= 4 is 11.0 Å². The molecule has 0 saturated carbocycles. The van der Waals surface area contributed by atoms with Crippen LogP contribution >= 0.6 is 0 Å². The monoisotopic (exact) mass is 248 g/mol. The summed E-state index contributed by atoms with van der Waals surface area (Å²) in [6, 6.07) is 1.97. The molecule has 0 aliphatic carbocycles. The molecule has 0 aromatic carbocycles. The van der Waals surface area contributed by atoms with Gasteiger partial charge in [-0.1, -0.05) is 0 Å².